The number of ether oxygens (including phenoxy) is 3. The maximum Gasteiger partial charge on any atom is 0.510 e. The van der Waals surface area contributed by atoms with E-state index in [1.807, 2.05) is 43.6 Å². The molecule has 0 aliphatic carbocycles. The molecule has 1 unspecified atom stereocenters. The summed E-state index contributed by atoms with van der Waals surface area (Å²) >= 11 is 0.920. The van der Waals surface area contributed by atoms with Crippen molar-refractivity contribution in [3.05, 3.63) is 68.7 Å². The summed E-state index contributed by atoms with van der Waals surface area (Å²) in [6.07, 6.45) is 8.57. The molecule has 1 N–H and O–H groups in total. The van der Waals surface area contributed by atoms with Gasteiger partial charge in [-0.15, -0.1) is 0 Å². The summed E-state index contributed by atoms with van der Waals surface area (Å²) in [5.41, 5.74) is 1.90. The van der Waals surface area contributed by atoms with Crippen LogP contribution in [0.1, 0.15) is 43.0 Å². The molecule has 1 fully saturated rings. The predicted molar refractivity (Wildman–Crippen MR) is 154 cm³/mol. The smallest absolute Gasteiger partial charge is 0.494 e. The molecule has 1 aliphatic heterocycles. The quantitative estimate of drug-likeness (QED) is 0.210. The number of benzene rings is 1. The van der Waals surface area contributed by atoms with Gasteiger partial charge in [-0.3, -0.25) is 4.79 Å². The van der Waals surface area contributed by atoms with Crippen molar-refractivity contribution < 1.29 is 24.1 Å². The molecule has 2 heterocycles. The third-order valence-corrected chi connectivity index (χ3v) is 7.52. The molecule has 0 spiro atoms. The molecular formula is C29H39N3O6S. The SMILES string of the molecule is C=C(/C=C\C(C=NC)CC)CCOc1ccc(Cc2sc(=O)n(COC(=O)OC3CCN(C)CC3)c2O)cc1. The molecule has 10 heteroatoms. The van der Waals surface area contributed by atoms with E-state index in [0.29, 0.717) is 30.2 Å². The zero-order valence-electron chi connectivity index (χ0n) is 23.0. The molecular weight excluding hydrogens is 518 g/mol. The lowest BCUT2D eigenvalue weighted by Gasteiger charge is -2.28. The van der Waals surface area contributed by atoms with E-state index in [-0.39, 0.29) is 12.0 Å². The highest BCUT2D eigenvalue weighted by atomic mass is 32.1. The fraction of sp³-hybridized carbons (Fsp3) is 0.483. The minimum absolute atomic E-state index is 0.195. The fourth-order valence-corrected chi connectivity index (χ4v) is 4.98. The number of carbonyl (C=O) groups is 1. The molecule has 0 radical (unpaired) electrons. The first-order valence-electron chi connectivity index (χ1n) is 13.2. The number of allylic oxidation sites excluding steroid dienone is 2. The van der Waals surface area contributed by atoms with E-state index < -0.39 is 17.8 Å². The standard InChI is InChI=1S/C29H39N3O6S/c1-5-22(19-30-3)7-6-21(2)14-17-36-24-10-8-23(9-11-24)18-26-27(33)32(28(34)39-26)20-37-29(35)38-25-12-15-31(4)16-13-25/h6-11,19,22,25,33H,2,5,12-18,20H2,1,3-4H3/b7-6-,30-19?. The van der Waals surface area contributed by atoms with E-state index in [0.717, 1.165) is 65.1 Å². The van der Waals surface area contributed by atoms with Gasteiger partial charge in [0, 0.05) is 45.1 Å². The Kier molecular flexibility index (Phi) is 11.8. The van der Waals surface area contributed by atoms with Crippen LogP contribution in [0, 0.1) is 5.92 Å². The van der Waals surface area contributed by atoms with Gasteiger partial charge < -0.3 is 29.2 Å². The summed E-state index contributed by atoms with van der Waals surface area (Å²) in [7, 11) is 3.80. The van der Waals surface area contributed by atoms with E-state index in [1.165, 1.54) is 0 Å². The van der Waals surface area contributed by atoms with Crippen LogP contribution < -0.4 is 9.61 Å². The van der Waals surface area contributed by atoms with Crippen molar-refractivity contribution in [2.75, 3.05) is 33.8 Å². The van der Waals surface area contributed by atoms with E-state index in [4.69, 9.17) is 14.2 Å². The van der Waals surface area contributed by atoms with Crippen LogP contribution in [0.15, 0.2) is 58.4 Å². The van der Waals surface area contributed by atoms with Crippen molar-refractivity contribution in [1.82, 2.24) is 9.47 Å². The molecule has 0 saturated carbocycles. The van der Waals surface area contributed by atoms with Gasteiger partial charge in [0.05, 0.1) is 11.5 Å². The molecule has 1 atom stereocenters. The normalized spacial score (nSPS) is 15.6. The second kappa shape index (κ2) is 15.3. The number of aromatic hydroxyl groups is 1. The second-order valence-corrected chi connectivity index (χ2v) is 10.6. The second-order valence-electron chi connectivity index (χ2n) is 9.60. The average molecular weight is 558 g/mol. The molecule has 9 nitrogen and oxygen atoms in total. The van der Waals surface area contributed by atoms with Gasteiger partial charge in [0.15, 0.2) is 6.73 Å². The number of aliphatic imine (C=N–C) groups is 1. The molecule has 212 valence electrons. The van der Waals surface area contributed by atoms with Crippen LogP contribution in [0.25, 0.3) is 0 Å². The van der Waals surface area contributed by atoms with Gasteiger partial charge in [-0.1, -0.05) is 54.7 Å². The van der Waals surface area contributed by atoms with Crippen LogP contribution >= 0.6 is 11.3 Å². The van der Waals surface area contributed by atoms with Crippen LogP contribution in [0.5, 0.6) is 11.6 Å². The number of carbonyl (C=O) groups excluding carboxylic acids is 1. The highest BCUT2D eigenvalue weighted by Crippen LogP contribution is 2.25. The van der Waals surface area contributed by atoms with Crippen molar-refractivity contribution in [3.63, 3.8) is 0 Å². The summed E-state index contributed by atoms with van der Waals surface area (Å²) in [5.74, 6) is 0.833. The third-order valence-electron chi connectivity index (χ3n) is 6.55. The average Bonchev–Trinajstić information content (AvgIpc) is 3.19. The third kappa shape index (κ3) is 9.71. The Morgan fingerprint density at radius 3 is 2.67 bits per heavy atom. The number of nitrogens with zero attached hydrogens (tertiary/aromatic N) is 3. The van der Waals surface area contributed by atoms with Crippen LogP contribution in [0.3, 0.4) is 0 Å². The molecule has 3 rings (SSSR count). The Hall–Kier alpha value is -3.37. The van der Waals surface area contributed by atoms with E-state index in [2.05, 4.69) is 29.5 Å². The first kappa shape index (κ1) is 30.2. The molecule has 1 aromatic heterocycles. The highest BCUT2D eigenvalue weighted by molar-refractivity contribution is 7.09. The van der Waals surface area contributed by atoms with Gasteiger partial charge in [0.1, 0.15) is 11.9 Å². The molecule has 1 saturated heterocycles. The largest absolute Gasteiger partial charge is 0.510 e. The number of thiazole rings is 1. The van der Waals surface area contributed by atoms with Crippen molar-refractivity contribution in [1.29, 1.82) is 0 Å². The van der Waals surface area contributed by atoms with Crippen LogP contribution in [-0.4, -0.2) is 66.8 Å². The van der Waals surface area contributed by atoms with Gasteiger partial charge in [-0.2, -0.15) is 0 Å². The van der Waals surface area contributed by atoms with Gasteiger partial charge >= 0.3 is 11.0 Å². The summed E-state index contributed by atoms with van der Waals surface area (Å²) in [5, 5.41) is 10.6. The molecule has 1 aliphatic rings. The van der Waals surface area contributed by atoms with Gasteiger partial charge in [-0.25, -0.2) is 9.36 Å². The van der Waals surface area contributed by atoms with Crippen molar-refractivity contribution >= 4 is 23.7 Å². The summed E-state index contributed by atoms with van der Waals surface area (Å²) in [4.78, 5) is 30.8. The van der Waals surface area contributed by atoms with E-state index in [9.17, 15) is 14.7 Å². The summed E-state index contributed by atoms with van der Waals surface area (Å²) in [6.45, 7) is 8.01. The number of hydrogen-bond acceptors (Lipinski definition) is 9. The maximum absolute atomic E-state index is 12.4. The van der Waals surface area contributed by atoms with Gasteiger partial charge in [0.25, 0.3) is 0 Å². The lowest BCUT2D eigenvalue weighted by molar-refractivity contribution is -0.0117. The lowest BCUT2D eigenvalue weighted by Crippen LogP contribution is -2.35. The van der Waals surface area contributed by atoms with Gasteiger partial charge in [0.2, 0.25) is 5.88 Å². The van der Waals surface area contributed by atoms with Gasteiger partial charge in [-0.05, 0) is 44.0 Å². The molecule has 0 amide bonds. The van der Waals surface area contributed by atoms with Crippen molar-refractivity contribution in [2.24, 2.45) is 10.9 Å². The summed E-state index contributed by atoms with van der Waals surface area (Å²) < 4.78 is 17.3. The topological polar surface area (TPSA) is 103 Å². The minimum atomic E-state index is -0.838. The van der Waals surface area contributed by atoms with Crippen molar-refractivity contribution in [3.8, 4) is 11.6 Å². The number of rotatable bonds is 13. The zero-order valence-corrected chi connectivity index (χ0v) is 23.8. The number of aromatic nitrogens is 1. The van der Waals surface area contributed by atoms with Crippen molar-refractivity contribution in [2.45, 2.75) is 51.9 Å². The highest BCUT2D eigenvalue weighted by Gasteiger charge is 2.22. The Labute approximate surface area is 234 Å². The minimum Gasteiger partial charge on any atom is -0.494 e. The first-order valence-corrected chi connectivity index (χ1v) is 14.0. The number of hydrogen-bond donors (Lipinski definition) is 1. The summed E-state index contributed by atoms with van der Waals surface area (Å²) in [6, 6.07) is 7.50. The van der Waals surface area contributed by atoms with E-state index in [1.54, 1.807) is 7.05 Å². The number of piperidine rings is 1. The molecule has 2 aromatic rings. The zero-order chi connectivity index (χ0) is 28.2. The maximum atomic E-state index is 12.4. The van der Waals surface area contributed by atoms with E-state index >= 15 is 0 Å². The molecule has 39 heavy (non-hydrogen) atoms. The predicted octanol–water partition coefficient (Wildman–Crippen LogP) is 5.02. The van der Waals surface area contributed by atoms with Crippen LogP contribution in [-0.2, 0) is 22.6 Å². The lowest BCUT2D eigenvalue weighted by atomic mass is 10.1. The Morgan fingerprint density at radius 2 is 2.00 bits per heavy atom. The molecule has 1 aromatic carbocycles. The monoisotopic (exact) mass is 557 g/mol. The van der Waals surface area contributed by atoms with Crippen LogP contribution in [0.4, 0.5) is 4.79 Å². The first-order chi connectivity index (χ1) is 18.8. The van der Waals surface area contributed by atoms with Crippen LogP contribution in [0.2, 0.25) is 0 Å². The Bertz CT molecular complexity index is 1190. The number of likely N-dealkylation sites (tertiary alicyclic amines) is 1. The Balaban J connectivity index is 1.45. The Morgan fingerprint density at radius 1 is 1.28 bits per heavy atom. The molecule has 0 bridgehead atoms. The fourth-order valence-electron chi connectivity index (χ4n) is 4.08.